The van der Waals surface area contributed by atoms with Gasteiger partial charge in [0.25, 0.3) is 0 Å². The summed E-state index contributed by atoms with van der Waals surface area (Å²) in [6.07, 6.45) is 1.65. The summed E-state index contributed by atoms with van der Waals surface area (Å²) < 4.78 is 19.3. The van der Waals surface area contributed by atoms with Crippen LogP contribution < -0.4 is 10.5 Å². The zero-order chi connectivity index (χ0) is 13.9. The Morgan fingerprint density at radius 3 is 2.80 bits per heavy atom. The average molecular weight is 269 g/mol. The molecule has 100 valence electrons. The maximum Gasteiger partial charge on any atom is 0.246 e. The molecule has 20 heavy (non-hydrogen) atoms. The Balaban J connectivity index is 1.99. The molecular formula is C15H12FN3O. The molecule has 1 heterocycles. The largest absolute Gasteiger partial charge is 0.437 e. The van der Waals surface area contributed by atoms with Gasteiger partial charge in [-0.15, -0.1) is 5.10 Å². The summed E-state index contributed by atoms with van der Waals surface area (Å²) >= 11 is 0. The van der Waals surface area contributed by atoms with Crippen LogP contribution in [0.15, 0.2) is 48.7 Å². The van der Waals surface area contributed by atoms with Crippen LogP contribution in [0.4, 0.5) is 4.39 Å². The van der Waals surface area contributed by atoms with E-state index < -0.39 is 5.82 Å². The van der Waals surface area contributed by atoms with Gasteiger partial charge in [-0.2, -0.15) is 5.10 Å². The van der Waals surface area contributed by atoms with E-state index in [1.54, 1.807) is 18.3 Å². The molecule has 0 atom stereocenters. The summed E-state index contributed by atoms with van der Waals surface area (Å²) in [6, 6.07) is 12.1. The van der Waals surface area contributed by atoms with E-state index in [2.05, 4.69) is 10.2 Å². The quantitative estimate of drug-likeness (QED) is 0.794. The normalized spacial score (nSPS) is 10.7. The van der Waals surface area contributed by atoms with Crippen LogP contribution in [-0.4, -0.2) is 10.2 Å². The molecule has 3 rings (SSSR count). The van der Waals surface area contributed by atoms with Gasteiger partial charge in [-0.1, -0.05) is 24.3 Å². The van der Waals surface area contributed by atoms with Crippen molar-refractivity contribution in [2.75, 3.05) is 0 Å². The Labute approximate surface area is 115 Å². The molecule has 0 fully saturated rings. The summed E-state index contributed by atoms with van der Waals surface area (Å²) in [5.41, 5.74) is 5.87. The molecule has 2 N–H and O–H groups in total. The van der Waals surface area contributed by atoms with Gasteiger partial charge in [0.2, 0.25) is 5.88 Å². The van der Waals surface area contributed by atoms with Gasteiger partial charge in [0.1, 0.15) is 11.6 Å². The molecule has 0 radical (unpaired) electrons. The first-order chi connectivity index (χ1) is 9.78. The Bertz CT molecular complexity index is 756. The van der Waals surface area contributed by atoms with E-state index in [0.717, 1.165) is 10.8 Å². The smallest absolute Gasteiger partial charge is 0.246 e. The Kier molecular flexibility index (Phi) is 3.26. The van der Waals surface area contributed by atoms with Crippen LogP contribution in [0.2, 0.25) is 0 Å². The van der Waals surface area contributed by atoms with Crippen LogP contribution in [0.1, 0.15) is 5.56 Å². The van der Waals surface area contributed by atoms with E-state index in [1.165, 1.54) is 6.07 Å². The van der Waals surface area contributed by atoms with Crippen molar-refractivity contribution in [3.63, 3.8) is 0 Å². The van der Waals surface area contributed by atoms with E-state index in [-0.39, 0.29) is 6.54 Å². The second kappa shape index (κ2) is 5.22. The summed E-state index contributed by atoms with van der Waals surface area (Å²) in [4.78, 5) is 0. The number of nitrogens with two attached hydrogens (primary N) is 1. The standard InChI is InChI=1S/C15H12FN3O/c16-14-7-12(6-5-10(14)8-17)20-15-13-4-2-1-3-11(13)9-18-19-15/h1-7,9H,8,17H2. The van der Waals surface area contributed by atoms with Gasteiger partial charge in [-0.05, 0) is 12.1 Å². The lowest BCUT2D eigenvalue weighted by atomic mass is 10.2. The first-order valence-corrected chi connectivity index (χ1v) is 6.14. The van der Waals surface area contributed by atoms with Gasteiger partial charge in [-0.3, -0.25) is 0 Å². The molecular weight excluding hydrogens is 257 g/mol. The molecule has 0 spiro atoms. The molecule has 0 saturated heterocycles. The third-order valence-electron chi connectivity index (χ3n) is 3.00. The highest BCUT2D eigenvalue weighted by Gasteiger charge is 2.08. The van der Waals surface area contributed by atoms with E-state index in [0.29, 0.717) is 17.2 Å². The number of nitrogens with zero attached hydrogens (tertiary/aromatic N) is 2. The molecule has 1 aromatic heterocycles. The highest BCUT2D eigenvalue weighted by Crippen LogP contribution is 2.27. The van der Waals surface area contributed by atoms with Gasteiger partial charge in [0.05, 0.1) is 6.20 Å². The van der Waals surface area contributed by atoms with Crippen LogP contribution >= 0.6 is 0 Å². The fraction of sp³-hybridized carbons (Fsp3) is 0.0667. The fourth-order valence-electron chi connectivity index (χ4n) is 1.95. The summed E-state index contributed by atoms with van der Waals surface area (Å²) in [5, 5.41) is 9.57. The van der Waals surface area contributed by atoms with Crippen molar-refractivity contribution in [2.45, 2.75) is 6.54 Å². The van der Waals surface area contributed by atoms with Crippen LogP contribution in [0.25, 0.3) is 10.8 Å². The van der Waals surface area contributed by atoms with Crippen LogP contribution in [0.3, 0.4) is 0 Å². The number of hydrogen-bond donors (Lipinski definition) is 1. The number of hydrogen-bond acceptors (Lipinski definition) is 4. The summed E-state index contributed by atoms with van der Waals surface area (Å²) in [6.45, 7) is 0.153. The Morgan fingerprint density at radius 2 is 2.00 bits per heavy atom. The van der Waals surface area contributed by atoms with Crippen molar-refractivity contribution in [1.29, 1.82) is 0 Å². The van der Waals surface area contributed by atoms with Crippen LogP contribution in [0, 0.1) is 5.82 Å². The van der Waals surface area contributed by atoms with E-state index >= 15 is 0 Å². The van der Waals surface area contributed by atoms with Crippen molar-refractivity contribution in [3.05, 3.63) is 60.0 Å². The first-order valence-electron chi connectivity index (χ1n) is 6.14. The van der Waals surface area contributed by atoms with Crippen molar-refractivity contribution in [2.24, 2.45) is 5.73 Å². The van der Waals surface area contributed by atoms with Crippen LogP contribution in [-0.2, 0) is 6.54 Å². The minimum Gasteiger partial charge on any atom is -0.437 e. The number of aromatic nitrogens is 2. The van der Waals surface area contributed by atoms with Crippen LogP contribution in [0.5, 0.6) is 11.6 Å². The summed E-state index contributed by atoms with van der Waals surface area (Å²) in [7, 11) is 0. The van der Waals surface area contributed by atoms with Crippen molar-refractivity contribution in [3.8, 4) is 11.6 Å². The molecule has 0 saturated carbocycles. The molecule has 5 heteroatoms. The lowest BCUT2D eigenvalue weighted by Gasteiger charge is -2.08. The molecule has 0 bridgehead atoms. The Morgan fingerprint density at radius 1 is 1.15 bits per heavy atom. The zero-order valence-electron chi connectivity index (χ0n) is 10.6. The second-order valence-corrected chi connectivity index (χ2v) is 4.30. The number of benzene rings is 2. The number of halogens is 1. The SMILES string of the molecule is NCc1ccc(Oc2nncc3ccccc23)cc1F. The highest BCUT2D eigenvalue weighted by molar-refractivity contribution is 5.85. The summed E-state index contributed by atoms with van der Waals surface area (Å²) in [5.74, 6) is 0.326. The highest BCUT2D eigenvalue weighted by atomic mass is 19.1. The molecule has 0 unspecified atom stereocenters. The lowest BCUT2D eigenvalue weighted by molar-refractivity contribution is 0.456. The van der Waals surface area contributed by atoms with Gasteiger partial charge in [0.15, 0.2) is 0 Å². The van der Waals surface area contributed by atoms with Gasteiger partial charge in [-0.25, -0.2) is 4.39 Å². The lowest BCUT2D eigenvalue weighted by Crippen LogP contribution is -2.00. The topological polar surface area (TPSA) is 61.0 Å². The molecule has 2 aromatic carbocycles. The third kappa shape index (κ3) is 2.31. The fourth-order valence-corrected chi connectivity index (χ4v) is 1.95. The second-order valence-electron chi connectivity index (χ2n) is 4.30. The first kappa shape index (κ1) is 12.5. The molecule has 3 aromatic rings. The van der Waals surface area contributed by atoms with E-state index in [1.807, 2.05) is 24.3 Å². The zero-order valence-corrected chi connectivity index (χ0v) is 10.6. The molecule has 0 aliphatic heterocycles. The molecule has 0 aliphatic rings. The van der Waals surface area contributed by atoms with Gasteiger partial charge < -0.3 is 10.5 Å². The van der Waals surface area contributed by atoms with E-state index in [9.17, 15) is 4.39 Å². The number of rotatable bonds is 3. The number of fused-ring (bicyclic) bond motifs is 1. The van der Waals surface area contributed by atoms with Crippen molar-refractivity contribution >= 4 is 10.8 Å². The maximum atomic E-state index is 13.7. The minimum atomic E-state index is -0.391. The van der Waals surface area contributed by atoms with E-state index in [4.69, 9.17) is 10.5 Å². The Hall–Kier alpha value is -2.53. The monoisotopic (exact) mass is 269 g/mol. The minimum absolute atomic E-state index is 0.153. The third-order valence-corrected chi connectivity index (χ3v) is 3.00. The molecule has 4 nitrogen and oxygen atoms in total. The van der Waals surface area contributed by atoms with Gasteiger partial charge >= 0.3 is 0 Å². The predicted molar refractivity (Wildman–Crippen MR) is 73.9 cm³/mol. The molecule has 0 aliphatic carbocycles. The van der Waals surface area contributed by atoms with Crippen molar-refractivity contribution in [1.82, 2.24) is 10.2 Å². The maximum absolute atomic E-state index is 13.7. The molecule has 0 amide bonds. The average Bonchev–Trinajstić information content (AvgIpc) is 2.48. The van der Waals surface area contributed by atoms with Crippen molar-refractivity contribution < 1.29 is 9.13 Å². The number of ether oxygens (including phenoxy) is 1. The predicted octanol–water partition coefficient (Wildman–Crippen LogP) is 3.02. The van der Waals surface area contributed by atoms with Gasteiger partial charge in [0, 0.05) is 28.9 Å².